The lowest BCUT2D eigenvalue weighted by molar-refractivity contribution is -0.158. The zero-order valence-electron chi connectivity index (χ0n) is 12.0. The molecule has 3 aliphatic rings. The summed E-state index contributed by atoms with van der Waals surface area (Å²) in [6.07, 6.45) is 5.01. The molecule has 4 heteroatoms. The Kier molecular flexibility index (Phi) is 2.71. The second-order valence-electron chi connectivity index (χ2n) is 7.22. The van der Waals surface area contributed by atoms with Crippen molar-refractivity contribution < 1.29 is 13.9 Å². The molecule has 0 aromatic heterocycles. The van der Waals surface area contributed by atoms with E-state index in [1.165, 1.54) is 5.76 Å². The Morgan fingerprint density at radius 2 is 2.00 bits per heavy atom. The van der Waals surface area contributed by atoms with Crippen LogP contribution >= 0.6 is 0 Å². The van der Waals surface area contributed by atoms with Crippen LogP contribution in [0, 0.1) is 11.8 Å². The molecule has 0 unspecified atom stereocenters. The zero-order chi connectivity index (χ0) is 13.1. The fourth-order valence-corrected chi connectivity index (χ4v) is 4.49. The molecule has 0 aromatic carbocycles. The zero-order valence-corrected chi connectivity index (χ0v) is 13.0. The Morgan fingerprint density at radius 3 is 2.67 bits per heavy atom. The topological polar surface area (TPSA) is 27.7 Å². The molecule has 3 nitrogen and oxygen atoms in total. The number of fused-ring (bicyclic) bond motifs is 3. The minimum atomic E-state index is -1.53. The summed E-state index contributed by atoms with van der Waals surface area (Å²) >= 11 is 0. The van der Waals surface area contributed by atoms with E-state index in [4.69, 9.17) is 13.9 Å². The molecule has 1 aliphatic heterocycles. The van der Waals surface area contributed by atoms with Crippen LogP contribution in [-0.4, -0.2) is 26.3 Å². The SMILES string of the molecule is CC1(C)O[C@H]2[C@@H]3C(O[Si](C)(C)C)=CC[C@@H]3C[C@H]2O1. The lowest BCUT2D eigenvalue weighted by Crippen LogP contribution is -2.32. The van der Waals surface area contributed by atoms with Crippen LogP contribution in [0.25, 0.3) is 0 Å². The van der Waals surface area contributed by atoms with Crippen molar-refractivity contribution in [1.29, 1.82) is 0 Å². The average Bonchev–Trinajstić information content (AvgIpc) is 2.73. The molecule has 1 saturated heterocycles. The third-order valence-corrected chi connectivity index (χ3v) is 4.84. The third kappa shape index (κ3) is 2.15. The summed E-state index contributed by atoms with van der Waals surface area (Å²) < 4.78 is 18.4. The van der Waals surface area contributed by atoms with Crippen molar-refractivity contribution in [3.63, 3.8) is 0 Å². The van der Waals surface area contributed by atoms with Crippen molar-refractivity contribution in [2.75, 3.05) is 0 Å². The highest BCUT2D eigenvalue weighted by atomic mass is 28.4. The van der Waals surface area contributed by atoms with Crippen LogP contribution < -0.4 is 0 Å². The van der Waals surface area contributed by atoms with E-state index >= 15 is 0 Å². The maximum Gasteiger partial charge on any atom is 0.241 e. The Balaban J connectivity index is 1.78. The lowest BCUT2D eigenvalue weighted by Gasteiger charge is -2.28. The van der Waals surface area contributed by atoms with Crippen LogP contribution in [-0.2, 0) is 13.9 Å². The van der Waals surface area contributed by atoms with Gasteiger partial charge >= 0.3 is 0 Å². The second-order valence-corrected chi connectivity index (χ2v) is 11.6. The van der Waals surface area contributed by atoms with Crippen LogP contribution in [0.2, 0.25) is 19.6 Å². The highest BCUT2D eigenvalue weighted by Crippen LogP contribution is 2.52. The van der Waals surface area contributed by atoms with Gasteiger partial charge in [-0.3, -0.25) is 0 Å². The van der Waals surface area contributed by atoms with Gasteiger partial charge in [0.25, 0.3) is 0 Å². The highest BCUT2D eigenvalue weighted by Gasteiger charge is 2.56. The molecule has 18 heavy (non-hydrogen) atoms. The summed E-state index contributed by atoms with van der Waals surface area (Å²) in [5.74, 6) is 1.87. The van der Waals surface area contributed by atoms with Gasteiger partial charge in [-0.05, 0) is 58.3 Å². The molecule has 1 heterocycles. The van der Waals surface area contributed by atoms with Crippen molar-refractivity contribution in [3.05, 3.63) is 11.8 Å². The van der Waals surface area contributed by atoms with E-state index in [0.717, 1.165) is 12.8 Å². The van der Waals surface area contributed by atoms with Gasteiger partial charge < -0.3 is 13.9 Å². The molecule has 0 aromatic rings. The van der Waals surface area contributed by atoms with Crippen molar-refractivity contribution in [2.24, 2.45) is 11.8 Å². The predicted molar refractivity (Wildman–Crippen MR) is 72.6 cm³/mol. The fraction of sp³-hybridized carbons (Fsp3) is 0.857. The molecule has 4 atom stereocenters. The first-order valence-electron chi connectivity index (χ1n) is 7.00. The van der Waals surface area contributed by atoms with E-state index in [9.17, 15) is 0 Å². The molecule has 102 valence electrons. The Morgan fingerprint density at radius 1 is 1.28 bits per heavy atom. The maximum absolute atomic E-state index is 6.25. The number of allylic oxidation sites excluding steroid dienone is 1. The van der Waals surface area contributed by atoms with Gasteiger partial charge in [0.05, 0.1) is 18.0 Å². The van der Waals surface area contributed by atoms with E-state index in [1.807, 2.05) is 13.8 Å². The minimum absolute atomic E-state index is 0.204. The summed E-state index contributed by atoms with van der Waals surface area (Å²) in [5.41, 5.74) is 0. The van der Waals surface area contributed by atoms with Gasteiger partial charge in [-0.25, -0.2) is 0 Å². The van der Waals surface area contributed by atoms with Gasteiger partial charge in [0, 0.05) is 5.92 Å². The van der Waals surface area contributed by atoms with Gasteiger partial charge in [-0.2, -0.15) is 0 Å². The first-order valence-corrected chi connectivity index (χ1v) is 10.4. The monoisotopic (exact) mass is 268 g/mol. The predicted octanol–water partition coefficient (Wildman–Crippen LogP) is 3.28. The largest absolute Gasteiger partial charge is 0.547 e. The van der Waals surface area contributed by atoms with Crippen molar-refractivity contribution in [3.8, 4) is 0 Å². The Hall–Kier alpha value is -0.323. The van der Waals surface area contributed by atoms with Crippen molar-refractivity contribution in [1.82, 2.24) is 0 Å². The maximum atomic E-state index is 6.25. The lowest BCUT2D eigenvalue weighted by atomic mass is 9.97. The van der Waals surface area contributed by atoms with Crippen LogP contribution in [0.5, 0.6) is 0 Å². The van der Waals surface area contributed by atoms with Crippen LogP contribution in [0.3, 0.4) is 0 Å². The molecular formula is C14H24O3Si. The summed E-state index contributed by atoms with van der Waals surface area (Å²) in [6.45, 7) is 10.7. The fourth-order valence-electron chi connectivity index (χ4n) is 3.57. The Bertz CT molecular complexity index is 383. The molecule has 2 aliphatic carbocycles. The van der Waals surface area contributed by atoms with Gasteiger partial charge in [0.2, 0.25) is 8.32 Å². The molecule has 0 radical (unpaired) electrons. The summed E-state index contributed by atoms with van der Waals surface area (Å²) in [5, 5.41) is 0. The van der Waals surface area contributed by atoms with Crippen LogP contribution in [0.15, 0.2) is 11.8 Å². The van der Waals surface area contributed by atoms with Gasteiger partial charge in [-0.15, -0.1) is 0 Å². The molecule has 0 spiro atoms. The number of hydrogen-bond donors (Lipinski definition) is 0. The van der Waals surface area contributed by atoms with E-state index in [1.54, 1.807) is 0 Å². The van der Waals surface area contributed by atoms with Gasteiger partial charge in [-0.1, -0.05) is 0 Å². The van der Waals surface area contributed by atoms with Crippen molar-refractivity contribution >= 4 is 8.32 Å². The quantitative estimate of drug-likeness (QED) is 0.719. The number of hydrogen-bond acceptors (Lipinski definition) is 3. The van der Waals surface area contributed by atoms with Crippen LogP contribution in [0.4, 0.5) is 0 Å². The van der Waals surface area contributed by atoms with E-state index < -0.39 is 14.1 Å². The van der Waals surface area contributed by atoms with Gasteiger partial charge in [0.15, 0.2) is 5.79 Å². The highest BCUT2D eigenvalue weighted by molar-refractivity contribution is 6.70. The molecule has 2 fully saturated rings. The van der Waals surface area contributed by atoms with Crippen molar-refractivity contribution in [2.45, 2.75) is 64.3 Å². The smallest absolute Gasteiger partial charge is 0.241 e. The Labute approximate surface area is 111 Å². The first-order chi connectivity index (χ1) is 8.25. The van der Waals surface area contributed by atoms with E-state index in [-0.39, 0.29) is 12.2 Å². The summed E-state index contributed by atoms with van der Waals surface area (Å²) in [6, 6.07) is 0. The molecule has 0 N–H and O–H groups in total. The molecular weight excluding hydrogens is 244 g/mol. The number of ether oxygens (including phenoxy) is 2. The molecule has 0 amide bonds. The van der Waals surface area contributed by atoms with E-state index in [0.29, 0.717) is 11.8 Å². The minimum Gasteiger partial charge on any atom is -0.547 e. The van der Waals surface area contributed by atoms with Gasteiger partial charge in [0.1, 0.15) is 0 Å². The standard InChI is InChI=1S/C14H24O3Si/c1-14(2)15-11-8-9-6-7-10(17-18(3,4)5)12(9)13(11)16-14/h7,9,11-13H,6,8H2,1-5H3/t9-,11-,12+,13-/m1/s1. The normalized spacial score (nSPS) is 41.5. The molecule has 0 bridgehead atoms. The summed E-state index contributed by atoms with van der Waals surface area (Å²) in [7, 11) is -1.53. The second kappa shape index (κ2) is 3.84. The average molecular weight is 268 g/mol. The third-order valence-electron chi connectivity index (χ3n) is 3.99. The van der Waals surface area contributed by atoms with Crippen LogP contribution in [0.1, 0.15) is 26.7 Å². The van der Waals surface area contributed by atoms with E-state index in [2.05, 4.69) is 25.7 Å². The number of rotatable bonds is 2. The first kappa shape index (κ1) is 12.7. The molecule has 1 saturated carbocycles. The molecule has 3 rings (SSSR count). The summed E-state index contributed by atoms with van der Waals surface area (Å²) in [4.78, 5) is 0.